The van der Waals surface area contributed by atoms with Crippen molar-refractivity contribution in [1.29, 1.82) is 0 Å². The Kier molecular flexibility index (Phi) is 4.87. The van der Waals surface area contributed by atoms with Gasteiger partial charge in [-0.25, -0.2) is 9.48 Å². The summed E-state index contributed by atoms with van der Waals surface area (Å²) in [5.41, 5.74) is 1.07. The molecule has 26 heavy (non-hydrogen) atoms. The summed E-state index contributed by atoms with van der Waals surface area (Å²) in [4.78, 5) is 12.4. The zero-order valence-corrected chi connectivity index (χ0v) is 15.3. The SMILES string of the molecule is O=C(Nc1ccnn1Cc1ccc(Cl)cc1)N[C@@H]1COC2(CCCC2)C1. The first kappa shape index (κ1) is 17.4. The highest BCUT2D eigenvalue weighted by atomic mass is 35.5. The molecule has 1 saturated heterocycles. The maximum atomic E-state index is 12.4. The average Bonchev–Trinajstić information content (AvgIpc) is 3.34. The zero-order chi connectivity index (χ0) is 18.0. The summed E-state index contributed by atoms with van der Waals surface area (Å²) in [6.45, 7) is 1.16. The van der Waals surface area contributed by atoms with Crippen molar-refractivity contribution in [2.75, 3.05) is 11.9 Å². The van der Waals surface area contributed by atoms with Gasteiger partial charge in [0, 0.05) is 11.1 Å². The molecular formula is C19H23ClN4O2. The van der Waals surface area contributed by atoms with Gasteiger partial charge in [0.25, 0.3) is 0 Å². The molecule has 2 fully saturated rings. The number of benzene rings is 1. The molecule has 138 valence electrons. The normalized spacial score (nSPS) is 21.2. The molecule has 2 aliphatic rings. The van der Waals surface area contributed by atoms with E-state index in [1.807, 2.05) is 24.3 Å². The molecule has 1 aromatic carbocycles. The van der Waals surface area contributed by atoms with Crippen LogP contribution < -0.4 is 10.6 Å². The predicted octanol–water partition coefficient (Wildman–Crippen LogP) is 3.81. The fraction of sp³-hybridized carbons (Fsp3) is 0.474. The van der Waals surface area contributed by atoms with Crippen molar-refractivity contribution < 1.29 is 9.53 Å². The minimum absolute atomic E-state index is 0.00824. The summed E-state index contributed by atoms with van der Waals surface area (Å²) in [6.07, 6.45) is 7.26. The summed E-state index contributed by atoms with van der Waals surface area (Å²) < 4.78 is 7.75. The second-order valence-electron chi connectivity index (χ2n) is 7.20. The minimum atomic E-state index is -0.216. The first-order chi connectivity index (χ1) is 12.6. The Morgan fingerprint density at radius 1 is 1.27 bits per heavy atom. The molecule has 4 rings (SSSR count). The Hall–Kier alpha value is -2.05. The van der Waals surface area contributed by atoms with Gasteiger partial charge in [-0.1, -0.05) is 36.6 Å². The second kappa shape index (κ2) is 7.29. The maximum absolute atomic E-state index is 12.4. The van der Waals surface area contributed by atoms with E-state index in [0.29, 0.717) is 24.0 Å². The lowest BCUT2D eigenvalue weighted by molar-refractivity contribution is 0.00998. The number of carbonyl (C=O) groups is 1. The van der Waals surface area contributed by atoms with Crippen LogP contribution in [0.4, 0.5) is 10.6 Å². The van der Waals surface area contributed by atoms with Gasteiger partial charge in [-0.3, -0.25) is 5.32 Å². The Morgan fingerprint density at radius 3 is 2.81 bits per heavy atom. The number of hydrogen-bond donors (Lipinski definition) is 2. The van der Waals surface area contributed by atoms with Gasteiger partial charge in [-0.15, -0.1) is 0 Å². The van der Waals surface area contributed by atoms with Gasteiger partial charge >= 0.3 is 6.03 Å². The maximum Gasteiger partial charge on any atom is 0.320 e. The first-order valence-electron chi connectivity index (χ1n) is 9.10. The van der Waals surface area contributed by atoms with Crippen molar-refractivity contribution in [3.05, 3.63) is 47.1 Å². The van der Waals surface area contributed by atoms with Crippen LogP contribution in [0.5, 0.6) is 0 Å². The van der Waals surface area contributed by atoms with Crippen LogP contribution in [0.2, 0.25) is 5.02 Å². The van der Waals surface area contributed by atoms with Crippen LogP contribution in [0, 0.1) is 0 Å². The number of rotatable bonds is 4. The summed E-state index contributed by atoms with van der Waals surface area (Å²) in [5.74, 6) is 0.659. The fourth-order valence-corrected chi connectivity index (χ4v) is 4.10. The molecule has 0 bridgehead atoms. The van der Waals surface area contributed by atoms with Gasteiger partial charge in [0.15, 0.2) is 0 Å². The minimum Gasteiger partial charge on any atom is -0.373 e. The average molecular weight is 375 g/mol. The number of hydrogen-bond acceptors (Lipinski definition) is 3. The predicted molar refractivity (Wildman–Crippen MR) is 100 cm³/mol. The third-order valence-electron chi connectivity index (χ3n) is 5.26. The third-order valence-corrected chi connectivity index (χ3v) is 5.51. The molecule has 1 aromatic heterocycles. The highest BCUT2D eigenvalue weighted by Crippen LogP contribution is 2.40. The highest BCUT2D eigenvalue weighted by molar-refractivity contribution is 6.30. The lowest BCUT2D eigenvalue weighted by atomic mass is 9.96. The number of aromatic nitrogens is 2. The molecule has 2 heterocycles. The second-order valence-corrected chi connectivity index (χ2v) is 7.64. The smallest absolute Gasteiger partial charge is 0.320 e. The molecule has 2 amide bonds. The van der Waals surface area contributed by atoms with E-state index in [1.54, 1.807) is 16.9 Å². The number of ether oxygens (including phenoxy) is 1. The Labute approximate surface area is 157 Å². The molecular weight excluding hydrogens is 352 g/mol. The number of carbonyl (C=O) groups excluding carboxylic acids is 1. The number of halogens is 1. The van der Waals surface area contributed by atoms with Crippen molar-refractivity contribution in [3.63, 3.8) is 0 Å². The van der Waals surface area contributed by atoms with Gasteiger partial charge in [0.1, 0.15) is 5.82 Å². The van der Waals surface area contributed by atoms with Crippen LogP contribution in [-0.2, 0) is 11.3 Å². The van der Waals surface area contributed by atoms with Crippen LogP contribution in [0.3, 0.4) is 0 Å². The number of urea groups is 1. The van der Waals surface area contributed by atoms with E-state index in [2.05, 4.69) is 15.7 Å². The lowest BCUT2D eigenvalue weighted by Gasteiger charge is -2.21. The molecule has 1 aliphatic heterocycles. The van der Waals surface area contributed by atoms with Crippen LogP contribution in [0.15, 0.2) is 36.5 Å². The van der Waals surface area contributed by atoms with Gasteiger partial charge in [-0.2, -0.15) is 5.10 Å². The van der Waals surface area contributed by atoms with E-state index in [1.165, 1.54) is 12.8 Å². The number of amides is 2. The van der Waals surface area contributed by atoms with E-state index >= 15 is 0 Å². The number of nitrogens with one attached hydrogen (secondary N) is 2. The molecule has 6 nitrogen and oxygen atoms in total. The van der Waals surface area contributed by atoms with Crippen LogP contribution >= 0.6 is 11.6 Å². The van der Waals surface area contributed by atoms with Crippen molar-refractivity contribution >= 4 is 23.4 Å². The molecule has 1 atom stereocenters. The van der Waals surface area contributed by atoms with E-state index in [4.69, 9.17) is 16.3 Å². The van der Waals surface area contributed by atoms with E-state index in [0.717, 1.165) is 24.8 Å². The standard InChI is InChI=1S/C19H23ClN4O2/c20-15-5-3-14(4-6-15)12-24-17(7-10-21-24)23-18(25)22-16-11-19(26-13-16)8-1-2-9-19/h3-7,10,16H,1-2,8-9,11-13H2,(H2,22,23,25)/t16-/m0/s1. The van der Waals surface area contributed by atoms with Crippen molar-refractivity contribution in [1.82, 2.24) is 15.1 Å². The molecule has 1 spiro atoms. The Bertz CT molecular complexity index is 768. The molecule has 0 unspecified atom stereocenters. The molecule has 1 aliphatic carbocycles. The number of anilines is 1. The van der Waals surface area contributed by atoms with E-state index in [9.17, 15) is 4.79 Å². The first-order valence-corrected chi connectivity index (χ1v) is 9.47. The molecule has 2 aromatic rings. The number of nitrogens with zero attached hydrogens (tertiary/aromatic N) is 2. The molecule has 2 N–H and O–H groups in total. The van der Waals surface area contributed by atoms with E-state index < -0.39 is 0 Å². The third kappa shape index (κ3) is 3.86. The van der Waals surface area contributed by atoms with Crippen LogP contribution in [0.25, 0.3) is 0 Å². The summed E-state index contributed by atoms with van der Waals surface area (Å²) in [6, 6.07) is 9.24. The quantitative estimate of drug-likeness (QED) is 0.855. The monoisotopic (exact) mass is 374 g/mol. The van der Waals surface area contributed by atoms with Crippen LogP contribution in [0.1, 0.15) is 37.7 Å². The fourth-order valence-electron chi connectivity index (χ4n) is 3.97. The summed E-state index contributed by atoms with van der Waals surface area (Å²) in [5, 5.41) is 10.9. The van der Waals surface area contributed by atoms with Gasteiger partial charge in [-0.05, 0) is 37.0 Å². The van der Waals surface area contributed by atoms with Gasteiger partial charge in [0.05, 0.1) is 31.0 Å². The molecule has 0 radical (unpaired) electrons. The lowest BCUT2D eigenvalue weighted by Crippen LogP contribution is -2.39. The van der Waals surface area contributed by atoms with Crippen LogP contribution in [-0.4, -0.2) is 34.1 Å². The Balaban J connectivity index is 1.33. The zero-order valence-electron chi connectivity index (χ0n) is 14.6. The van der Waals surface area contributed by atoms with Crippen molar-refractivity contribution in [3.8, 4) is 0 Å². The molecule has 7 heteroatoms. The topological polar surface area (TPSA) is 68.2 Å². The van der Waals surface area contributed by atoms with Crippen molar-refractivity contribution in [2.24, 2.45) is 0 Å². The molecule has 1 saturated carbocycles. The Morgan fingerprint density at radius 2 is 2.04 bits per heavy atom. The summed E-state index contributed by atoms with van der Waals surface area (Å²) >= 11 is 5.92. The van der Waals surface area contributed by atoms with E-state index in [-0.39, 0.29) is 17.7 Å². The largest absolute Gasteiger partial charge is 0.373 e. The highest BCUT2D eigenvalue weighted by Gasteiger charge is 2.42. The summed E-state index contributed by atoms with van der Waals surface area (Å²) in [7, 11) is 0. The van der Waals surface area contributed by atoms with Gasteiger partial charge in [0.2, 0.25) is 0 Å². The van der Waals surface area contributed by atoms with Gasteiger partial charge < -0.3 is 10.1 Å². The van der Waals surface area contributed by atoms with Crippen molar-refractivity contribution in [2.45, 2.75) is 50.3 Å².